The molecule has 1 saturated heterocycles. The number of hydrogen-bond donors (Lipinski definition) is 0. The minimum atomic E-state index is -0.144. The minimum Gasteiger partial charge on any atom is -0.497 e. The minimum absolute atomic E-state index is 0.0954. The standard InChI is InChI=1S/C31H31ClN2O3/c1-36-27-12-5-10-25(20-27)30(37-22-23-7-4-11-26(32)19-23)21-33-15-17-34(18-16-33)31(35)29-14-6-9-24-8-2-3-13-28(24)29/h2-14,19-20,30H,15-18,21-22H2,1H3/t30-/m0/s1. The van der Waals surface area contributed by atoms with Crippen molar-refractivity contribution in [3.8, 4) is 5.75 Å². The van der Waals surface area contributed by atoms with Crippen LogP contribution in [0.1, 0.15) is 27.6 Å². The van der Waals surface area contributed by atoms with Gasteiger partial charge < -0.3 is 14.4 Å². The maximum Gasteiger partial charge on any atom is 0.254 e. The molecule has 1 aliphatic heterocycles. The highest BCUT2D eigenvalue weighted by molar-refractivity contribution is 6.30. The van der Waals surface area contributed by atoms with E-state index in [0.29, 0.717) is 24.7 Å². The van der Waals surface area contributed by atoms with E-state index in [-0.39, 0.29) is 12.0 Å². The molecule has 6 heteroatoms. The molecule has 0 aromatic heterocycles. The molecule has 1 fully saturated rings. The van der Waals surface area contributed by atoms with E-state index in [1.807, 2.05) is 89.8 Å². The summed E-state index contributed by atoms with van der Waals surface area (Å²) in [7, 11) is 1.67. The lowest BCUT2D eigenvalue weighted by Crippen LogP contribution is -2.49. The van der Waals surface area contributed by atoms with Crippen LogP contribution in [0.3, 0.4) is 0 Å². The molecular weight excluding hydrogens is 484 g/mol. The molecule has 0 aliphatic carbocycles. The van der Waals surface area contributed by atoms with Crippen LogP contribution >= 0.6 is 11.6 Å². The van der Waals surface area contributed by atoms with Gasteiger partial charge in [0.2, 0.25) is 0 Å². The molecule has 0 radical (unpaired) electrons. The van der Waals surface area contributed by atoms with Crippen molar-refractivity contribution in [1.82, 2.24) is 9.80 Å². The van der Waals surface area contributed by atoms with Gasteiger partial charge in [-0.05, 0) is 52.2 Å². The summed E-state index contributed by atoms with van der Waals surface area (Å²) in [6.07, 6.45) is -0.144. The normalized spacial score (nSPS) is 15.0. The fourth-order valence-corrected chi connectivity index (χ4v) is 5.08. The summed E-state index contributed by atoms with van der Waals surface area (Å²) in [6.45, 7) is 4.13. The Labute approximate surface area is 223 Å². The summed E-state index contributed by atoms with van der Waals surface area (Å²) in [4.78, 5) is 17.7. The van der Waals surface area contributed by atoms with Gasteiger partial charge in [-0.25, -0.2) is 0 Å². The molecule has 1 atom stereocenters. The third kappa shape index (κ3) is 6.13. The van der Waals surface area contributed by atoms with Crippen LogP contribution in [0.2, 0.25) is 5.02 Å². The topological polar surface area (TPSA) is 42.0 Å². The first-order valence-electron chi connectivity index (χ1n) is 12.6. The van der Waals surface area contributed by atoms with Crippen LogP contribution in [0.15, 0.2) is 91.0 Å². The van der Waals surface area contributed by atoms with E-state index in [1.54, 1.807) is 7.11 Å². The number of methoxy groups -OCH3 is 1. The third-order valence-corrected chi connectivity index (χ3v) is 7.14. The van der Waals surface area contributed by atoms with Crippen molar-refractivity contribution in [3.63, 3.8) is 0 Å². The first-order valence-corrected chi connectivity index (χ1v) is 13.0. The molecule has 37 heavy (non-hydrogen) atoms. The van der Waals surface area contributed by atoms with Crippen LogP contribution in [0.25, 0.3) is 10.8 Å². The highest BCUT2D eigenvalue weighted by Gasteiger charge is 2.26. The van der Waals surface area contributed by atoms with Crippen LogP contribution in [0.4, 0.5) is 0 Å². The predicted molar refractivity (Wildman–Crippen MR) is 148 cm³/mol. The predicted octanol–water partition coefficient (Wildman–Crippen LogP) is 6.22. The number of nitrogens with zero attached hydrogens (tertiary/aromatic N) is 2. The number of hydrogen-bond acceptors (Lipinski definition) is 4. The molecule has 0 N–H and O–H groups in total. The zero-order chi connectivity index (χ0) is 25.6. The van der Waals surface area contributed by atoms with Crippen LogP contribution in [-0.4, -0.2) is 55.5 Å². The van der Waals surface area contributed by atoms with Gasteiger partial charge >= 0.3 is 0 Å². The van der Waals surface area contributed by atoms with E-state index in [2.05, 4.69) is 11.0 Å². The zero-order valence-electron chi connectivity index (χ0n) is 21.0. The van der Waals surface area contributed by atoms with Crippen molar-refractivity contribution in [2.24, 2.45) is 0 Å². The molecule has 190 valence electrons. The zero-order valence-corrected chi connectivity index (χ0v) is 21.7. The smallest absolute Gasteiger partial charge is 0.254 e. The molecular formula is C31H31ClN2O3. The molecule has 0 unspecified atom stereocenters. The van der Waals surface area contributed by atoms with Crippen LogP contribution in [0.5, 0.6) is 5.75 Å². The van der Waals surface area contributed by atoms with Crippen LogP contribution in [-0.2, 0) is 11.3 Å². The Morgan fingerprint density at radius 3 is 2.46 bits per heavy atom. The van der Waals surface area contributed by atoms with E-state index in [9.17, 15) is 4.79 Å². The number of amides is 1. The monoisotopic (exact) mass is 514 g/mol. The molecule has 0 spiro atoms. The van der Waals surface area contributed by atoms with Crippen molar-refractivity contribution in [3.05, 3.63) is 113 Å². The van der Waals surface area contributed by atoms with Crippen molar-refractivity contribution in [2.75, 3.05) is 39.8 Å². The Bertz CT molecular complexity index is 1360. The molecule has 5 rings (SSSR count). The fourth-order valence-electron chi connectivity index (χ4n) is 4.87. The Morgan fingerprint density at radius 2 is 1.65 bits per heavy atom. The van der Waals surface area contributed by atoms with E-state index in [4.69, 9.17) is 21.1 Å². The first kappa shape index (κ1) is 25.3. The number of benzene rings is 4. The van der Waals surface area contributed by atoms with E-state index in [0.717, 1.165) is 52.8 Å². The molecule has 0 saturated carbocycles. The molecule has 5 nitrogen and oxygen atoms in total. The SMILES string of the molecule is COc1cccc([C@H](CN2CCN(C(=O)c3cccc4ccccc34)CC2)OCc2cccc(Cl)c2)c1. The number of piperazine rings is 1. The van der Waals surface area contributed by atoms with Gasteiger partial charge in [0.15, 0.2) is 0 Å². The average Bonchev–Trinajstić information content (AvgIpc) is 2.95. The summed E-state index contributed by atoms with van der Waals surface area (Å²) in [5.41, 5.74) is 2.87. The number of halogens is 1. The molecule has 1 aliphatic rings. The largest absolute Gasteiger partial charge is 0.497 e. The Balaban J connectivity index is 1.26. The lowest BCUT2D eigenvalue weighted by Gasteiger charge is -2.36. The maximum absolute atomic E-state index is 13.4. The van der Waals surface area contributed by atoms with Gasteiger partial charge in [-0.3, -0.25) is 9.69 Å². The van der Waals surface area contributed by atoms with Gasteiger partial charge in [0.1, 0.15) is 5.75 Å². The second-order valence-electron chi connectivity index (χ2n) is 9.33. The molecule has 1 amide bonds. The Morgan fingerprint density at radius 1 is 0.892 bits per heavy atom. The van der Waals surface area contributed by atoms with Crippen LogP contribution in [0, 0.1) is 0 Å². The van der Waals surface area contributed by atoms with Gasteiger partial charge in [-0.1, -0.05) is 72.3 Å². The summed E-state index contributed by atoms with van der Waals surface area (Å²) >= 11 is 6.18. The van der Waals surface area contributed by atoms with Gasteiger partial charge in [-0.15, -0.1) is 0 Å². The van der Waals surface area contributed by atoms with Gasteiger partial charge in [0, 0.05) is 43.3 Å². The van der Waals surface area contributed by atoms with Crippen molar-refractivity contribution in [1.29, 1.82) is 0 Å². The highest BCUT2D eigenvalue weighted by Crippen LogP contribution is 2.26. The second-order valence-corrected chi connectivity index (χ2v) is 9.76. The lowest BCUT2D eigenvalue weighted by molar-refractivity contribution is 0.00336. The summed E-state index contributed by atoms with van der Waals surface area (Å²) in [5, 5.41) is 2.79. The molecule has 1 heterocycles. The number of ether oxygens (including phenoxy) is 2. The van der Waals surface area contributed by atoms with E-state index >= 15 is 0 Å². The second kappa shape index (κ2) is 11.8. The van der Waals surface area contributed by atoms with Gasteiger partial charge in [-0.2, -0.15) is 0 Å². The summed E-state index contributed by atoms with van der Waals surface area (Å²) in [5.74, 6) is 0.900. The fraction of sp³-hybridized carbons (Fsp3) is 0.258. The number of rotatable bonds is 8. The van der Waals surface area contributed by atoms with Gasteiger partial charge in [0.25, 0.3) is 5.91 Å². The van der Waals surface area contributed by atoms with E-state index in [1.165, 1.54) is 0 Å². The average molecular weight is 515 g/mol. The maximum atomic E-state index is 13.4. The molecule has 4 aromatic rings. The van der Waals surface area contributed by atoms with Crippen molar-refractivity contribution < 1.29 is 14.3 Å². The highest BCUT2D eigenvalue weighted by atomic mass is 35.5. The summed E-state index contributed by atoms with van der Waals surface area (Å²) in [6, 6.07) is 29.8. The first-order chi connectivity index (χ1) is 18.1. The molecule has 0 bridgehead atoms. The number of carbonyl (C=O) groups excluding carboxylic acids is 1. The van der Waals surface area contributed by atoms with E-state index < -0.39 is 0 Å². The Kier molecular flexibility index (Phi) is 8.05. The summed E-state index contributed by atoms with van der Waals surface area (Å²) < 4.78 is 11.9. The van der Waals surface area contributed by atoms with Crippen molar-refractivity contribution >= 4 is 28.3 Å². The van der Waals surface area contributed by atoms with Crippen molar-refractivity contribution in [2.45, 2.75) is 12.7 Å². The number of fused-ring (bicyclic) bond motifs is 1. The number of carbonyl (C=O) groups is 1. The lowest BCUT2D eigenvalue weighted by atomic mass is 10.0. The Hall–Kier alpha value is -3.38. The quantitative estimate of drug-likeness (QED) is 0.280. The van der Waals surface area contributed by atoms with Gasteiger partial charge in [0.05, 0.1) is 19.8 Å². The molecule has 4 aromatic carbocycles. The third-order valence-electron chi connectivity index (χ3n) is 6.91. The van der Waals surface area contributed by atoms with Crippen LogP contribution < -0.4 is 4.74 Å².